The first-order valence-corrected chi connectivity index (χ1v) is 7.90. The molecule has 1 aliphatic heterocycles. The third kappa shape index (κ3) is 4.30. The molecule has 1 unspecified atom stereocenters. The lowest BCUT2D eigenvalue weighted by molar-refractivity contribution is 0.519. The van der Waals surface area contributed by atoms with E-state index >= 15 is 0 Å². The second-order valence-corrected chi connectivity index (χ2v) is 7.10. The summed E-state index contributed by atoms with van der Waals surface area (Å²) < 4.78 is 25.7. The highest BCUT2D eigenvalue weighted by Crippen LogP contribution is 2.18. The van der Waals surface area contributed by atoms with Gasteiger partial charge in [0.05, 0.1) is 11.4 Å². The molecule has 1 aromatic rings. The van der Waals surface area contributed by atoms with Crippen LogP contribution in [0.4, 0.5) is 0 Å². The van der Waals surface area contributed by atoms with Crippen molar-refractivity contribution in [3.8, 4) is 0 Å². The highest BCUT2D eigenvalue weighted by molar-refractivity contribution is 14.0. The second kappa shape index (κ2) is 7.41. The number of rotatable bonds is 4. The van der Waals surface area contributed by atoms with Gasteiger partial charge in [0.25, 0.3) is 0 Å². The standard InChI is InChI=1S/C13H20N4O2S.HI/c1-10-8-14-13(16-10)15-9-11-6-4-5-7-12(11)20(18,19)17(2)3;/h4-7,10H,8-9H2,1-3H3,(H2,14,15,16);1H. The molecule has 0 bridgehead atoms. The van der Waals surface area contributed by atoms with Crippen molar-refractivity contribution < 1.29 is 8.42 Å². The van der Waals surface area contributed by atoms with Gasteiger partial charge in [0.15, 0.2) is 5.96 Å². The third-order valence-electron chi connectivity index (χ3n) is 3.08. The molecule has 0 aliphatic carbocycles. The fourth-order valence-electron chi connectivity index (χ4n) is 1.94. The lowest BCUT2D eigenvalue weighted by Crippen LogP contribution is -2.37. The van der Waals surface area contributed by atoms with E-state index < -0.39 is 10.0 Å². The van der Waals surface area contributed by atoms with Crippen LogP contribution in [0.1, 0.15) is 12.5 Å². The van der Waals surface area contributed by atoms with Gasteiger partial charge in [0, 0.05) is 26.7 Å². The predicted octanol–water partition coefficient (Wildman–Crippen LogP) is 0.992. The third-order valence-corrected chi connectivity index (χ3v) is 5.00. The van der Waals surface area contributed by atoms with Gasteiger partial charge < -0.3 is 10.6 Å². The molecule has 6 nitrogen and oxygen atoms in total. The average molecular weight is 424 g/mol. The van der Waals surface area contributed by atoms with E-state index in [1.54, 1.807) is 12.1 Å². The maximum absolute atomic E-state index is 12.3. The minimum absolute atomic E-state index is 0. The summed E-state index contributed by atoms with van der Waals surface area (Å²) in [5, 5.41) is 6.32. The Morgan fingerprint density at radius 2 is 2.05 bits per heavy atom. The van der Waals surface area contributed by atoms with Gasteiger partial charge in [0.1, 0.15) is 0 Å². The zero-order chi connectivity index (χ0) is 14.8. The second-order valence-electron chi connectivity index (χ2n) is 4.98. The van der Waals surface area contributed by atoms with Gasteiger partial charge >= 0.3 is 0 Å². The Morgan fingerprint density at radius 1 is 1.38 bits per heavy atom. The minimum Gasteiger partial charge on any atom is -0.352 e. The molecule has 1 aromatic carbocycles. The van der Waals surface area contributed by atoms with Crippen molar-refractivity contribution in [2.24, 2.45) is 4.99 Å². The highest BCUT2D eigenvalue weighted by Gasteiger charge is 2.21. The first kappa shape index (κ1) is 18.2. The number of nitrogens with one attached hydrogen (secondary N) is 2. The Balaban J connectivity index is 0.00000220. The number of halogens is 1. The Hall–Kier alpha value is -0.870. The molecule has 118 valence electrons. The minimum atomic E-state index is -3.43. The van der Waals surface area contributed by atoms with E-state index in [-0.39, 0.29) is 24.0 Å². The molecule has 21 heavy (non-hydrogen) atoms. The molecule has 8 heteroatoms. The summed E-state index contributed by atoms with van der Waals surface area (Å²) in [7, 11) is -0.368. The van der Waals surface area contributed by atoms with Crippen LogP contribution >= 0.6 is 24.0 Å². The normalized spacial score (nSPS) is 17.9. The van der Waals surface area contributed by atoms with Crippen LogP contribution in [0.15, 0.2) is 34.2 Å². The lowest BCUT2D eigenvalue weighted by Gasteiger charge is -2.16. The Bertz CT molecular complexity index is 616. The van der Waals surface area contributed by atoms with Crippen LogP contribution < -0.4 is 10.6 Å². The molecular formula is C13H21IN4O2S. The number of hydrogen-bond acceptors (Lipinski definition) is 5. The monoisotopic (exact) mass is 424 g/mol. The van der Waals surface area contributed by atoms with Crippen LogP contribution in [0, 0.1) is 0 Å². The van der Waals surface area contributed by atoms with Crippen molar-refractivity contribution in [1.29, 1.82) is 0 Å². The molecule has 2 rings (SSSR count). The predicted molar refractivity (Wildman–Crippen MR) is 94.5 cm³/mol. The zero-order valence-electron chi connectivity index (χ0n) is 12.3. The SMILES string of the molecule is CC1CN=C(NCc2ccccc2S(=O)(=O)N(C)C)N1.I. The first-order chi connectivity index (χ1) is 9.41. The molecule has 1 aliphatic rings. The van der Waals surface area contributed by atoms with Gasteiger partial charge in [-0.25, -0.2) is 12.7 Å². The topological polar surface area (TPSA) is 73.8 Å². The van der Waals surface area contributed by atoms with Gasteiger partial charge in [-0.05, 0) is 18.6 Å². The fraction of sp³-hybridized carbons (Fsp3) is 0.462. The average Bonchev–Trinajstić information content (AvgIpc) is 2.82. The van der Waals surface area contributed by atoms with Crippen molar-refractivity contribution >= 4 is 40.0 Å². The van der Waals surface area contributed by atoms with Crippen molar-refractivity contribution in [2.75, 3.05) is 20.6 Å². The summed E-state index contributed by atoms with van der Waals surface area (Å²) in [5.41, 5.74) is 0.727. The van der Waals surface area contributed by atoms with E-state index in [1.165, 1.54) is 18.4 Å². The van der Waals surface area contributed by atoms with Gasteiger partial charge in [-0.1, -0.05) is 18.2 Å². The molecule has 0 saturated carbocycles. The smallest absolute Gasteiger partial charge is 0.242 e. The van der Waals surface area contributed by atoms with Crippen molar-refractivity contribution in [3.63, 3.8) is 0 Å². The van der Waals surface area contributed by atoms with E-state index in [9.17, 15) is 8.42 Å². The van der Waals surface area contributed by atoms with Gasteiger partial charge in [-0.3, -0.25) is 4.99 Å². The van der Waals surface area contributed by atoms with Crippen molar-refractivity contribution in [1.82, 2.24) is 14.9 Å². The zero-order valence-corrected chi connectivity index (χ0v) is 15.5. The summed E-state index contributed by atoms with van der Waals surface area (Å²) in [6.45, 7) is 3.20. The van der Waals surface area contributed by atoms with Crippen molar-refractivity contribution in [2.45, 2.75) is 24.4 Å². The quantitative estimate of drug-likeness (QED) is 0.708. The number of guanidine groups is 1. The summed E-state index contributed by atoms with van der Waals surface area (Å²) >= 11 is 0. The fourth-order valence-corrected chi connectivity index (χ4v) is 3.05. The molecule has 0 fully saturated rings. The van der Waals surface area contributed by atoms with Gasteiger partial charge in [0.2, 0.25) is 10.0 Å². The Morgan fingerprint density at radius 3 is 2.62 bits per heavy atom. The van der Waals surface area contributed by atoms with Crippen LogP contribution in [0.25, 0.3) is 0 Å². The van der Waals surface area contributed by atoms with E-state index in [1.807, 2.05) is 19.1 Å². The van der Waals surface area contributed by atoms with Crippen LogP contribution in [-0.4, -0.2) is 45.4 Å². The number of benzene rings is 1. The Labute approximate surface area is 143 Å². The summed E-state index contributed by atoms with van der Waals surface area (Å²) in [4.78, 5) is 4.62. The molecule has 0 spiro atoms. The van der Waals surface area contributed by atoms with E-state index in [4.69, 9.17) is 0 Å². The van der Waals surface area contributed by atoms with Gasteiger partial charge in [-0.15, -0.1) is 24.0 Å². The number of nitrogens with zero attached hydrogens (tertiary/aromatic N) is 2. The number of sulfonamides is 1. The molecule has 0 radical (unpaired) electrons. The van der Waals surface area contributed by atoms with E-state index in [2.05, 4.69) is 15.6 Å². The van der Waals surface area contributed by atoms with E-state index in [0.717, 1.165) is 18.1 Å². The summed E-state index contributed by atoms with van der Waals surface area (Å²) in [6, 6.07) is 7.31. The van der Waals surface area contributed by atoms with Crippen LogP contribution in [0.5, 0.6) is 0 Å². The molecule has 2 N–H and O–H groups in total. The molecule has 1 atom stereocenters. The molecule has 0 aromatic heterocycles. The number of hydrogen-bond donors (Lipinski definition) is 2. The van der Waals surface area contributed by atoms with Crippen LogP contribution in [0.2, 0.25) is 0 Å². The molecule has 0 amide bonds. The molecular weight excluding hydrogens is 403 g/mol. The van der Waals surface area contributed by atoms with E-state index in [0.29, 0.717) is 17.5 Å². The number of aliphatic imine (C=N–C) groups is 1. The van der Waals surface area contributed by atoms with Crippen LogP contribution in [-0.2, 0) is 16.6 Å². The maximum atomic E-state index is 12.3. The maximum Gasteiger partial charge on any atom is 0.242 e. The highest BCUT2D eigenvalue weighted by atomic mass is 127. The molecule has 0 saturated heterocycles. The van der Waals surface area contributed by atoms with Crippen molar-refractivity contribution in [3.05, 3.63) is 29.8 Å². The Kier molecular flexibility index (Phi) is 6.41. The summed E-state index contributed by atoms with van der Waals surface area (Å²) in [6.07, 6.45) is 0. The van der Waals surface area contributed by atoms with Crippen LogP contribution in [0.3, 0.4) is 0 Å². The largest absolute Gasteiger partial charge is 0.352 e. The first-order valence-electron chi connectivity index (χ1n) is 6.46. The lowest BCUT2D eigenvalue weighted by atomic mass is 10.2. The summed E-state index contributed by atoms with van der Waals surface area (Å²) in [5.74, 6) is 0.717. The molecule has 1 heterocycles. The van der Waals surface area contributed by atoms with Gasteiger partial charge in [-0.2, -0.15) is 0 Å².